The fourth-order valence-corrected chi connectivity index (χ4v) is 1.37. The number of ether oxygens (including phenoxy) is 2. The highest BCUT2D eigenvalue weighted by Gasteiger charge is 2.31. The SMILES string of the molecule is CCOC(=O)[C@@H]1C[C@H](C)CC(=O)O1. The summed E-state index contributed by atoms with van der Waals surface area (Å²) in [6, 6.07) is 0. The van der Waals surface area contributed by atoms with E-state index in [0.717, 1.165) is 0 Å². The van der Waals surface area contributed by atoms with Gasteiger partial charge >= 0.3 is 11.9 Å². The Kier molecular flexibility index (Phi) is 3.28. The van der Waals surface area contributed by atoms with E-state index in [1.54, 1.807) is 6.92 Å². The minimum atomic E-state index is -0.684. The molecule has 74 valence electrons. The minimum absolute atomic E-state index is 0.204. The lowest BCUT2D eigenvalue weighted by atomic mass is 9.97. The summed E-state index contributed by atoms with van der Waals surface area (Å²) in [5, 5.41) is 0. The van der Waals surface area contributed by atoms with Gasteiger partial charge in [0, 0.05) is 6.42 Å². The van der Waals surface area contributed by atoms with Crippen molar-refractivity contribution in [1.82, 2.24) is 0 Å². The van der Waals surface area contributed by atoms with Crippen LogP contribution < -0.4 is 0 Å². The van der Waals surface area contributed by atoms with Crippen LogP contribution in [0, 0.1) is 5.92 Å². The minimum Gasteiger partial charge on any atom is -0.463 e. The lowest BCUT2D eigenvalue weighted by Crippen LogP contribution is -2.35. The molecule has 0 unspecified atom stereocenters. The summed E-state index contributed by atoms with van der Waals surface area (Å²) in [6.45, 7) is 3.97. The fraction of sp³-hybridized carbons (Fsp3) is 0.778. The molecule has 0 aromatic heterocycles. The molecule has 0 spiro atoms. The van der Waals surface area contributed by atoms with Crippen molar-refractivity contribution in [2.75, 3.05) is 6.61 Å². The lowest BCUT2D eigenvalue weighted by Gasteiger charge is -2.24. The Bertz CT molecular complexity index is 212. The predicted octanol–water partition coefficient (Wildman–Crippen LogP) is 0.891. The first-order chi connectivity index (χ1) is 6.13. The molecule has 0 aromatic rings. The van der Waals surface area contributed by atoms with Gasteiger partial charge in [0.2, 0.25) is 0 Å². The highest BCUT2D eigenvalue weighted by molar-refractivity contribution is 5.80. The first-order valence-electron chi connectivity index (χ1n) is 4.49. The van der Waals surface area contributed by atoms with Crippen molar-refractivity contribution in [3.8, 4) is 0 Å². The molecule has 0 bridgehead atoms. The number of carbonyl (C=O) groups is 2. The topological polar surface area (TPSA) is 52.6 Å². The van der Waals surface area contributed by atoms with Crippen molar-refractivity contribution >= 4 is 11.9 Å². The predicted molar refractivity (Wildman–Crippen MR) is 44.9 cm³/mol. The Morgan fingerprint density at radius 2 is 2.38 bits per heavy atom. The van der Waals surface area contributed by atoms with Crippen LogP contribution in [-0.2, 0) is 19.1 Å². The molecule has 1 saturated heterocycles. The number of hydrogen-bond acceptors (Lipinski definition) is 4. The second kappa shape index (κ2) is 4.25. The molecule has 1 rings (SSSR count). The molecule has 2 atom stereocenters. The highest BCUT2D eigenvalue weighted by atomic mass is 16.6. The average Bonchev–Trinajstić information content (AvgIpc) is 2.03. The molecule has 0 radical (unpaired) electrons. The first kappa shape index (κ1) is 10.0. The molecule has 0 saturated carbocycles. The zero-order valence-electron chi connectivity index (χ0n) is 7.91. The smallest absolute Gasteiger partial charge is 0.347 e. The van der Waals surface area contributed by atoms with Crippen molar-refractivity contribution in [1.29, 1.82) is 0 Å². The van der Waals surface area contributed by atoms with E-state index in [-0.39, 0.29) is 11.9 Å². The van der Waals surface area contributed by atoms with Crippen LogP contribution in [0.4, 0.5) is 0 Å². The van der Waals surface area contributed by atoms with Crippen LogP contribution in [0.15, 0.2) is 0 Å². The van der Waals surface area contributed by atoms with Crippen molar-refractivity contribution < 1.29 is 19.1 Å². The lowest BCUT2D eigenvalue weighted by molar-refractivity contribution is -0.173. The Morgan fingerprint density at radius 1 is 1.69 bits per heavy atom. The number of esters is 2. The van der Waals surface area contributed by atoms with Gasteiger partial charge in [-0.2, -0.15) is 0 Å². The molecule has 4 nitrogen and oxygen atoms in total. The maximum Gasteiger partial charge on any atom is 0.347 e. The van der Waals surface area contributed by atoms with Gasteiger partial charge in [0.1, 0.15) is 0 Å². The van der Waals surface area contributed by atoms with E-state index < -0.39 is 12.1 Å². The van der Waals surface area contributed by atoms with E-state index in [1.807, 2.05) is 6.92 Å². The fourth-order valence-electron chi connectivity index (χ4n) is 1.37. The molecular weight excluding hydrogens is 172 g/mol. The van der Waals surface area contributed by atoms with Crippen LogP contribution in [-0.4, -0.2) is 24.6 Å². The third-order valence-electron chi connectivity index (χ3n) is 1.95. The van der Waals surface area contributed by atoms with Gasteiger partial charge in [0.15, 0.2) is 6.10 Å². The molecule has 0 aliphatic carbocycles. The van der Waals surface area contributed by atoms with Crippen LogP contribution in [0.1, 0.15) is 26.7 Å². The molecule has 1 aliphatic rings. The van der Waals surface area contributed by atoms with E-state index in [4.69, 9.17) is 9.47 Å². The largest absolute Gasteiger partial charge is 0.463 e. The summed E-state index contributed by atoms with van der Waals surface area (Å²) in [4.78, 5) is 22.2. The Hall–Kier alpha value is -1.06. The first-order valence-corrected chi connectivity index (χ1v) is 4.49. The molecule has 4 heteroatoms. The third kappa shape index (κ3) is 2.72. The van der Waals surface area contributed by atoms with Crippen molar-refractivity contribution in [2.45, 2.75) is 32.8 Å². The number of rotatable bonds is 2. The second-order valence-corrected chi connectivity index (χ2v) is 3.28. The van der Waals surface area contributed by atoms with Gasteiger partial charge in [-0.05, 0) is 19.3 Å². The Morgan fingerprint density at radius 3 is 2.92 bits per heavy atom. The molecule has 1 heterocycles. The van der Waals surface area contributed by atoms with Gasteiger partial charge in [-0.25, -0.2) is 4.79 Å². The van der Waals surface area contributed by atoms with E-state index in [1.165, 1.54) is 0 Å². The summed E-state index contributed by atoms with van der Waals surface area (Å²) in [6.07, 6.45) is 0.289. The average molecular weight is 186 g/mol. The van der Waals surface area contributed by atoms with E-state index in [0.29, 0.717) is 19.4 Å². The third-order valence-corrected chi connectivity index (χ3v) is 1.95. The van der Waals surface area contributed by atoms with Gasteiger partial charge in [0.25, 0.3) is 0 Å². The van der Waals surface area contributed by atoms with Crippen molar-refractivity contribution in [2.24, 2.45) is 5.92 Å². The van der Waals surface area contributed by atoms with Gasteiger partial charge in [-0.3, -0.25) is 4.79 Å². The zero-order chi connectivity index (χ0) is 9.84. The summed E-state index contributed by atoms with van der Waals surface area (Å²) in [7, 11) is 0. The quantitative estimate of drug-likeness (QED) is 0.601. The van der Waals surface area contributed by atoms with Gasteiger partial charge in [0.05, 0.1) is 6.61 Å². The Labute approximate surface area is 77.2 Å². The van der Waals surface area contributed by atoms with E-state index in [2.05, 4.69) is 0 Å². The normalized spacial score (nSPS) is 28.0. The van der Waals surface area contributed by atoms with Gasteiger partial charge < -0.3 is 9.47 Å². The summed E-state index contributed by atoms with van der Waals surface area (Å²) in [5.74, 6) is -0.533. The maximum absolute atomic E-state index is 11.2. The molecular formula is C9H14O4. The Balaban J connectivity index is 2.49. The summed E-state index contributed by atoms with van der Waals surface area (Å²) in [5.41, 5.74) is 0. The van der Waals surface area contributed by atoms with E-state index >= 15 is 0 Å². The number of cyclic esters (lactones) is 1. The van der Waals surface area contributed by atoms with Crippen molar-refractivity contribution in [3.05, 3.63) is 0 Å². The molecule has 0 aromatic carbocycles. The molecule has 1 fully saturated rings. The van der Waals surface area contributed by atoms with Gasteiger partial charge in [-0.1, -0.05) is 6.92 Å². The van der Waals surface area contributed by atoms with Crippen LogP contribution in [0.2, 0.25) is 0 Å². The van der Waals surface area contributed by atoms with Crippen LogP contribution in [0.5, 0.6) is 0 Å². The monoisotopic (exact) mass is 186 g/mol. The number of carbonyl (C=O) groups excluding carboxylic acids is 2. The summed E-state index contributed by atoms with van der Waals surface area (Å²) < 4.78 is 9.62. The number of hydrogen-bond donors (Lipinski definition) is 0. The standard InChI is InChI=1S/C9H14O4/c1-3-12-9(11)7-4-6(2)5-8(10)13-7/h6-7H,3-5H2,1-2H3/t6-,7-/m0/s1. The molecule has 0 N–H and O–H groups in total. The maximum atomic E-state index is 11.2. The highest BCUT2D eigenvalue weighted by Crippen LogP contribution is 2.21. The van der Waals surface area contributed by atoms with Crippen molar-refractivity contribution in [3.63, 3.8) is 0 Å². The van der Waals surface area contributed by atoms with Gasteiger partial charge in [-0.15, -0.1) is 0 Å². The van der Waals surface area contributed by atoms with E-state index in [9.17, 15) is 9.59 Å². The molecule has 13 heavy (non-hydrogen) atoms. The molecule has 0 amide bonds. The zero-order valence-corrected chi connectivity index (χ0v) is 7.91. The van der Waals surface area contributed by atoms with Crippen LogP contribution in [0.3, 0.4) is 0 Å². The summed E-state index contributed by atoms with van der Waals surface area (Å²) >= 11 is 0. The van der Waals surface area contributed by atoms with Crippen LogP contribution in [0.25, 0.3) is 0 Å². The molecule has 1 aliphatic heterocycles. The second-order valence-electron chi connectivity index (χ2n) is 3.28. The van der Waals surface area contributed by atoms with Crippen LogP contribution >= 0.6 is 0 Å².